The average Bonchev–Trinajstić information content (AvgIpc) is 2.41. The van der Waals surface area contributed by atoms with Crippen molar-refractivity contribution in [3.63, 3.8) is 0 Å². The Morgan fingerprint density at radius 2 is 2.20 bits per heavy atom. The highest BCUT2D eigenvalue weighted by Gasteiger charge is 2.20. The number of terminal acetylenes is 1. The molecule has 0 aromatic carbocycles. The zero-order valence-electron chi connectivity index (χ0n) is 10.3. The van der Waals surface area contributed by atoms with Crippen LogP contribution in [0.5, 0.6) is 0 Å². The molecular formula is C13H24N2. The molecule has 15 heavy (non-hydrogen) atoms. The molecule has 1 rings (SSSR count). The maximum absolute atomic E-state index is 5.49. The van der Waals surface area contributed by atoms with Crippen molar-refractivity contribution in [3.05, 3.63) is 0 Å². The summed E-state index contributed by atoms with van der Waals surface area (Å²) in [7, 11) is 0. The Kier molecular flexibility index (Phi) is 5.14. The van der Waals surface area contributed by atoms with E-state index in [9.17, 15) is 0 Å². The molecule has 0 aromatic heterocycles. The van der Waals surface area contributed by atoms with Gasteiger partial charge in [-0.15, -0.1) is 6.42 Å². The van der Waals surface area contributed by atoms with E-state index in [1.54, 1.807) is 0 Å². The molecule has 1 aliphatic heterocycles. The predicted octanol–water partition coefficient (Wildman–Crippen LogP) is 1.72. The zero-order chi connectivity index (χ0) is 11.3. The molecule has 0 radical (unpaired) electrons. The van der Waals surface area contributed by atoms with Crippen LogP contribution in [0.25, 0.3) is 0 Å². The van der Waals surface area contributed by atoms with Gasteiger partial charge in [0, 0.05) is 19.1 Å². The number of rotatable bonds is 3. The van der Waals surface area contributed by atoms with E-state index in [4.69, 9.17) is 6.42 Å². The Labute approximate surface area is 94.4 Å². The number of hydrogen-bond donors (Lipinski definition) is 1. The Hall–Kier alpha value is -0.520. The van der Waals surface area contributed by atoms with Gasteiger partial charge < -0.3 is 5.32 Å². The summed E-state index contributed by atoms with van der Waals surface area (Å²) in [6.07, 6.45) is 7.94. The lowest BCUT2D eigenvalue weighted by molar-refractivity contribution is 0.232. The monoisotopic (exact) mass is 208 g/mol. The van der Waals surface area contributed by atoms with Crippen LogP contribution in [-0.2, 0) is 0 Å². The van der Waals surface area contributed by atoms with Gasteiger partial charge in [-0.3, -0.25) is 4.90 Å². The minimum atomic E-state index is 0.277. The molecule has 2 atom stereocenters. The van der Waals surface area contributed by atoms with Crippen LogP contribution in [0.2, 0.25) is 0 Å². The van der Waals surface area contributed by atoms with Crippen molar-refractivity contribution in [1.29, 1.82) is 0 Å². The van der Waals surface area contributed by atoms with Crippen molar-refractivity contribution >= 4 is 0 Å². The van der Waals surface area contributed by atoms with Crippen LogP contribution in [0.3, 0.4) is 0 Å². The summed E-state index contributed by atoms with van der Waals surface area (Å²) in [6.45, 7) is 10.0. The van der Waals surface area contributed by atoms with Crippen LogP contribution in [0.1, 0.15) is 33.6 Å². The molecule has 2 heteroatoms. The first-order chi connectivity index (χ1) is 7.13. The van der Waals surface area contributed by atoms with Crippen LogP contribution < -0.4 is 5.32 Å². The van der Waals surface area contributed by atoms with Gasteiger partial charge in [-0.2, -0.15) is 0 Å². The lowest BCUT2D eigenvalue weighted by Crippen LogP contribution is -2.41. The van der Waals surface area contributed by atoms with Gasteiger partial charge in [0.25, 0.3) is 0 Å². The van der Waals surface area contributed by atoms with Gasteiger partial charge in [0.2, 0.25) is 0 Å². The highest BCUT2D eigenvalue weighted by molar-refractivity contribution is 4.98. The minimum Gasteiger partial charge on any atom is -0.313 e. The van der Waals surface area contributed by atoms with Crippen LogP contribution >= 0.6 is 0 Å². The fourth-order valence-electron chi connectivity index (χ4n) is 2.21. The average molecular weight is 208 g/mol. The van der Waals surface area contributed by atoms with E-state index >= 15 is 0 Å². The molecule has 1 saturated heterocycles. The van der Waals surface area contributed by atoms with Gasteiger partial charge in [-0.25, -0.2) is 0 Å². The fraction of sp³-hybridized carbons (Fsp3) is 0.846. The number of nitrogens with one attached hydrogen (secondary N) is 1. The van der Waals surface area contributed by atoms with Crippen molar-refractivity contribution < 1.29 is 0 Å². The molecule has 1 N–H and O–H groups in total. The SMILES string of the molecule is C#CC(C)N1CCCNC(CC(C)C)C1. The maximum atomic E-state index is 5.49. The first-order valence-corrected chi connectivity index (χ1v) is 6.07. The molecule has 1 heterocycles. The quantitative estimate of drug-likeness (QED) is 0.710. The third kappa shape index (κ3) is 4.24. The van der Waals surface area contributed by atoms with E-state index in [2.05, 4.69) is 36.9 Å². The largest absolute Gasteiger partial charge is 0.313 e. The van der Waals surface area contributed by atoms with Crippen molar-refractivity contribution in [1.82, 2.24) is 10.2 Å². The second kappa shape index (κ2) is 6.15. The molecule has 1 aliphatic rings. The lowest BCUT2D eigenvalue weighted by Gasteiger charge is -2.27. The normalized spacial score (nSPS) is 25.9. The number of hydrogen-bond acceptors (Lipinski definition) is 2. The Bertz CT molecular complexity index is 217. The highest BCUT2D eigenvalue weighted by atomic mass is 15.2. The van der Waals surface area contributed by atoms with Gasteiger partial charge in [0.15, 0.2) is 0 Å². The fourth-order valence-corrected chi connectivity index (χ4v) is 2.21. The van der Waals surface area contributed by atoms with Crippen LogP contribution in [0.15, 0.2) is 0 Å². The summed E-state index contributed by atoms with van der Waals surface area (Å²) >= 11 is 0. The first-order valence-electron chi connectivity index (χ1n) is 6.07. The molecule has 2 nitrogen and oxygen atoms in total. The number of nitrogens with zero attached hydrogens (tertiary/aromatic N) is 1. The second-order valence-electron chi connectivity index (χ2n) is 4.97. The van der Waals surface area contributed by atoms with Crippen molar-refractivity contribution in [3.8, 4) is 12.3 Å². The van der Waals surface area contributed by atoms with E-state index in [-0.39, 0.29) is 6.04 Å². The van der Waals surface area contributed by atoms with Crippen molar-refractivity contribution in [2.45, 2.75) is 45.7 Å². The standard InChI is InChI=1S/C13H24N2/c1-5-12(4)15-8-6-7-14-13(10-15)9-11(2)3/h1,11-14H,6-10H2,2-4H3. The van der Waals surface area contributed by atoms with Crippen LogP contribution in [0.4, 0.5) is 0 Å². The summed E-state index contributed by atoms with van der Waals surface area (Å²) < 4.78 is 0. The lowest BCUT2D eigenvalue weighted by atomic mass is 10.0. The molecule has 86 valence electrons. The summed E-state index contributed by atoms with van der Waals surface area (Å²) in [6, 6.07) is 0.892. The Morgan fingerprint density at radius 3 is 2.80 bits per heavy atom. The molecular weight excluding hydrogens is 184 g/mol. The third-order valence-corrected chi connectivity index (χ3v) is 3.05. The van der Waals surface area contributed by atoms with Gasteiger partial charge >= 0.3 is 0 Å². The third-order valence-electron chi connectivity index (χ3n) is 3.05. The van der Waals surface area contributed by atoms with E-state index in [1.807, 2.05) is 0 Å². The predicted molar refractivity (Wildman–Crippen MR) is 65.7 cm³/mol. The van der Waals surface area contributed by atoms with Gasteiger partial charge in [-0.1, -0.05) is 19.8 Å². The molecule has 0 saturated carbocycles. The van der Waals surface area contributed by atoms with Crippen LogP contribution in [0, 0.1) is 18.3 Å². The molecule has 2 unspecified atom stereocenters. The van der Waals surface area contributed by atoms with Gasteiger partial charge in [-0.05, 0) is 32.2 Å². The topological polar surface area (TPSA) is 15.3 Å². The van der Waals surface area contributed by atoms with E-state index < -0.39 is 0 Å². The molecule has 0 aromatic rings. The Balaban J connectivity index is 2.50. The van der Waals surface area contributed by atoms with Crippen LogP contribution in [-0.4, -0.2) is 36.6 Å². The van der Waals surface area contributed by atoms with Gasteiger partial charge in [0.1, 0.15) is 0 Å². The van der Waals surface area contributed by atoms with E-state index in [0.29, 0.717) is 6.04 Å². The molecule has 0 amide bonds. The van der Waals surface area contributed by atoms with E-state index in [0.717, 1.165) is 25.6 Å². The van der Waals surface area contributed by atoms with Gasteiger partial charge in [0.05, 0.1) is 6.04 Å². The van der Waals surface area contributed by atoms with E-state index in [1.165, 1.54) is 12.8 Å². The molecule has 1 fully saturated rings. The summed E-state index contributed by atoms with van der Waals surface area (Å²) in [5.41, 5.74) is 0. The maximum Gasteiger partial charge on any atom is 0.0683 e. The first kappa shape index (κ1) is 12.5. The second-order valence-corrected chi connectivity index (χ2v) is 4.97. The Morgan fingerprint density at radius 1 is 1.47 bits per heavy atom. The zero-order valence-corrected chi connectivity index (χ0v) is 10.3. The summed E-state index contributed by atoms with van der Waals surface area (Å²) in [4.78, 5) is 2.42. The summed E-state index contributed by atoms with van der Waals surface area (Å²) in [5, 5.41) is 3.61. The van der Waals surface area contributed by atoms with Crippen molar-refractivity contribution in [2.24, 2.45) is 5.92 Å². The highest BCUT2D eigenvalue weighted by Crippen LogP contribution is 2.11. The smallest absolute Gasteiger partial charge is 0.0683 e. The van der Waals surface area contributed by atoms with Crippen molar-refractivity contribution in [2.75, 3.05) is 19.6 Å². The molecule has 0 bridgehead atoms. The minimum absolute atomic E-state index is 0.277. The molecule has 0 spiro atoms. The molecule has 0 aliphatic carbocycles. The summed E-state index contributed by atoms with van der Waals surface area (Å²) in [5.74, 6) is 3.59.